The molecule has 0 saturated heterocycles. The monoisotopic (exact) mass is 315 g/mol. The van der Waals surface area contributed by atoms with Crippen molar-refractivity contribution in [2.24, 2.45) is 0 Å². The molecule has 0 aliphatic carbocycles. The SMILES string of the molecule is CCOC(=O)CN(C(=O)C(F)(F)F)[PH](C)(Cl)Cl. The van der Waals surface area contributed by atoms with Crippen LogP contribution in [0.15, 0.2) is 0 Å². The van der Waals surface area contributed by atoms with Gasteiger partial charge in [-0.15, -0.1) is 0 Å². The van der Waals surface area contributed by atoms with E-state index < -0.39 is 30.7 Å². The minimum atomic E-state index is -5.13. The molecule has 0 aliphatic rings. The molecule has 0 unspecified atom stereocenters. The van der Waals surface area contributed by atoms with Gasteiger partial charge < -0.3 is 0 Å². The van der Waals surface area contributed by atoms with E-state index in [9.17, 15) is 22.8 Å². The van der Waals surface area contributed by atoms with Gasteiger partial charge in [0.05, 0.1) is 0 Å². The van der Waals surface area contributed by atoms with Crippen molar-refractivity contribution >= 4 is 40.5 Å². The second-order valence-electron chi connectivity index (χ2n) is 3.04. The number of ether oxygens (including phenoxy) is 1. The van der Waals surface area contributed by atoms with Gasteiger partial charge in [-0.2, -0.15) is 0 Å². The fourth-order valence-corrected chi connectivity index (χ4v) is 2.59. The van der Waals surface area contributed by atoms with Crippen LogP contribution in [0.3, 0.4) is 0 Å². The third-order valence-electron chi connectivity index (χ3n) is 1.55. The van der Waals surface area contributed by atoms with Gasteiger partial charge in [0.15, 0.2) is 0 Å². The third-order valence-corrected chi connectivity index (χ3v) is 4.09. The van der Waals surface area contributed by atoms with Crippen LogP contribution in [-0.2, 0) is 14.3 Å². The van der Waals surface area contributed by atoms with Crippen molar-refractivity contribution in [1.29, 1.82) is 0 Å². The van der Waals surface area contributed by atoms with Gasteiger partial charge in [-0.3, -0.25) is 0 Å². The Morgan fingerprint density at radius 2 is 1.82 bits per heavy atom. The molecule has 0 aromatic rings. The maximum atomic E-state index is 12.2. The second-order valence-corrected chi connectivity index (χ2v) is 10.3. The van der Waals surface area contributed by atoms with Crippen LogP contribution >= 0.6 is 28.6 Å². The van der Waals surface area contributed by atoms with E-state index in [0.717, 1.165) is 6.66 Å². The number of nitrogens with zero attached hydrogens (tertiary/aromatic N) is 1. The van der Waals surface area contributed by atoms with Crippen LogP contribution in [0.4, 0.5) is 13.2 Å². The average Bonchev–Trinajstić information content (AvgIpc) is 2.10. The van der Waals surface area contributed by atoms with Crippen LogP contribution in [0.5, 0.6) is 0 Å². The van der Waals surface area contributed by atoms with Gasteiger partial charge in [0.2, 0.25) is 0 Å². The van der Waals surface area contributed by atoms with Gasteiger partial charge in [0, 0.05) is 0 Å². The number of carbonyl (C=O) groups excluding carboxylic acids is 2. The van der Waals surface area contributed by atoms with Gasteiger partial charge in [-0.25, -0.2) is 0 Å². The number of rotatable bonds is 4. The Hall–Kier alpha value is -0.260. The molecule has 0 radical (unpaired) electrons. The zero-order valence-corrected chi connectivity index (χ0v) is 11.5. The Balaban J connectivity index is 4.92. The van der Waals surface area contributed by atoms with Crippen LogP contribution in [0.25, 0.3) is 0 Å². The Morgan fingerprint density at radius 1 is 1.35 bits per heavy atom. The zero-order chi connectivity index (χ0) is 13.9. The number of amides is 1. The summed E-state index contributed by atoms with van der Waals surface area (Å²) >= 11 is 11.1. The molecule has 0 spiro atoms. The molecular weight excluding hydrogens is 305 g/mol. The fraction of sp³-hybridized carbons (Fsp3) is 0.714. The van der Waals surface area contributed by atoms with Crippen molar-refractivity contribution < 1.29 is 27.5 Å². The summed E-state index contributed by atoms with van der Waals surface area (Å²) in [4.78, 5) is 22.1. The first kappa shape index (κ1) is 16.7. The molecule has 17 heavy (non-hydrogen) atoms. The summed E-state index contributed by atoms with van der Waals surface area (Å²) < 4.78 is 41.2. The Bertz CT molecular complexity index is 306. The summed E-state index contributed by atoms with van der Waals surface area (Å²) in [6.45, 7) is 1.63. The van der Waals surface area contributed by atoms with Crippen molar-refractivity contribution in [3.63, 3.8) is 0 Å². The van der Waals surface area contributed by atoms with E-state index in [-0.39, 0.29) is 11.3 Å². The molecule has 0 fully saturated rings. The summed E-state index contributed by atoms with van der Waals surface area (Å²) in [6.07, 6.45) is -8.78. The Kier molecular flexibility index (Phi) is 5.98. The predicted molar refractivity (Wildman–Crippen MR) is 60.3 cm³/mol. The topological polar surface area (TPSA) is 46.6 Å². The van der Waals surface area contributed by atoms with E-state index in [1.165, 1.54) is 6.92 Å². The van der Waals surface area contributed by atoms with Crippen LogP contribution in [0.2, 0.25) is 0 Å². The number of hydrogen-bond acceptors (Lipinski definition) is 3. The molecule has 10 heteroatoms. The van der Waals surface area contributed by atoms with Gasteiger partial charge in [0.25, 0.3) is 0 Å². The molecule has 0 atom stereocenters. The fourth-order valence-electron chi connectivity index (χ4n) is 0.878. The van der Waals surface area contributed by atoms with E-state index in [1.54, 1.807) is 0 Å². The number of halogens is 5. The summed E-state index contributed by atoms with van der Waals surface area (Å²) in [6, 6.07) is 0. The van der Waals surface area contributed by atoms with Crippen LogP contribution in [0, 0.1) is 0 Å². The van der Waals surface area contributed by atoms with E-state index in [2.05, 4.69) is 4.74 Å². The van der Waals surface area contributed by atoms with Crippen LogP contribution in [0.1, 0.15) is 6.92 Å². The average molecular weight is 316 g/mol. The molecule has 102 valence electrons. The van der Waals surface area contributed by atoms with Gasteiger partial charge in [-0.1, -0.05) is 0 Å². The van der Waals surface area contributed by atoms with E-state index in [0.29, 0.717) is 0 Å². The van der Waals surface area contributed by atoms with Gasteiger partial charge in [0.1, 0.15) is 0 Å². The summed E-state index contributed by atoms with van der Waals surface area (Å²) in [7, 11) is 0. The first-order chi connectivity index (χ1) is 7.50. The molecule has 0 aliphatic heterocycles. The first-order valence-electron chi connectivity index (χ1n) is 4.42. The van der Waals surface area contributed by atoms with Crippen molar-refractivity contribution in [2.45, 2.75) is 13.1 Å². The minimum absolute atomic E-state index is 0.0181. The van der Waals surface area contributed by atoms with Crippen LogP contribution in [-0.4, -0.2) is 42.5 Å². The van der Waals surface area contributed by atoms with Gasteiger partial charge >= 0.3 is 106 Å². The number of hydrogen-bond donors (Lipinski definition) is 0. The molecular formula is C7H11Cl2F3NO3P. The molecule has 4 nitrogen and oxygen atoms in total. The van der Waals surface area contributed by atoms with Gasteiger partial charge in [-0.05, 0) is 0 Å². The molecule has 1 amide bonds. The Morgan fingerprint density at radius 3 is 2.12 bits per heavy atom. The van der Waals surface area contributed by atoms with Crippen molar-refractivity contribution in [2.75, 3.05) is 19.8 Å². The molecule has 0 heterocycles. The van der Waals surface area contributed by atoms with Crippen molar-refractivity contribution in [1.82, 2.24) is 4.67 Å². The van der Waals surface area contributed by atoms with E-state index >= 15 is 0 Å². The molecule has 0 bridgehead atoms. The predicted octanol–water partition coefficient (Wildman–Crippen LogP) is 2.54. The molecule has 0 aromatic carbocycles. The summed E-state index contributed by atoms with van der Waals surface area (Å²) in [5.74, 6) is -3.24. The third kappa shape index (κ3) is 5.75. The second kappa shape index (κ2) is 6.07. The summed E-state index contributed by atoms with van der Waals surface area (Å²) in [5, 5.41) is 0. The quantitative estimate of drug-likeness (QED) is 0.591. The van der Waals surface area contributed by atoms with Crippen molar-refractivity contribution in [3.05, 3.63) is 0 Å². The maximum absolute atomic E-state index is 12.2. The van der Waals surface area contributed by atoms with Crippen molar-refractivity contribution in [3.8, 4) is 0 Å². The Labute approximate surface area is 106 Å². The summed E-state index contributed by atoms with van der Waals surface area (Å²) in [5.41, 5.74) is 0. The standard InChI is InChI=1S/C7H11Cl2F3NO3P/c1-3-16-5(14)4-13(17(2,8)9)6(15)7(10,11)12/h17H,3-4H2,1-2H3. The first-order valence-corrected chi connectivity index (χ1v) is 8.89. The molecule has 0 rings (SSSR count). The van der Waals surface area contributed by atoms with E-state index in [4.69, 9.17) is 22.5 Å². The van der Waals surface area contributed by atoms with E-state index in [1.807, 2.05) is 0 Å². The molecule has 0 N–H and O–H groups in total. The molecule has 0 aromatic heterocycles. The van der Waals surface area contributed by atoms with Crippen LogP contribution < -0.4 is 0 Å². The zero-order valence-electron chi connectivity index (χ0n) is 8.98. The number of esters is 1. The number of carbonyl (C=O) groups is 2. The molecule has 0 saturated carbocycles. The number of alkyl halides is 3. The normalized spacial score (nSPS) is 13.1.